The Balaban J connectivity index is 2.76. The molecule has 132 valence electrons. The third kappa shape index (κ3) is 2.79. The molecule has 0 radical (unpaired) electrons. The minimum atomic E-state index is -1.12. The van der Waals surface area contributed by atoms with Gasteiger partial charge < -0.3 is 9.57 Å². The van der Waals surface area contributed by atoms with Gasteiger partial charge in [-0.3, -0.25) is 0 Å². The normalized spacial score (nSPS) is 19.9. The van der Waals surface area contributed by atoms with E-state index in [1.165, 1.54) is 0 Å². The third-order valence-electron chi connectivity index (χ3n) is 4.82. The maximum absolute atomic E-state index is 12.0. The summed E-state index contributed by atoms with van der Waals surface area (Å²) in [5, 5.41) is 3.35. The van der Waals surface area contributed by atoms with Crippen LogP contribution in [0, 0.1) is 11.8 Å². The minimum Gasteiger partial charge on any atom is -0.475 e. The summed E-state index contributed by atoms with van der Waals surface area (Å²) >= 11 is 0. The Bertz CT molecular complexity index is 682. The fourth-order valence-electron chi connectivity index (χ4n) is 3.66. The molecule has 2 rings (SSSR count). The molecule has 1 unspecified atom stereocenters. The molecule has 0 saturated heterocycles. The van der Waals surface area contributed by atoms with Gasteiger partial charge in [0.15, 0.2) is 0 Å². The first-order valence-corrected chi connectivity index (χ1v) is 8.30. The number of carbonyl (C=O) groups excluding carboxylic acids is 1. The number of nitrogens with two attached hydrogens (primary N) is 1. The Hall–Kier alpha value is -1.95. The fraction of sp³-hybridized carbons (Fsp3) is 0.611. The van der Waals surface area contributed by atoms with Crippen molar-refractivity contribution in [2.45, 2.75) is 71.8 Å². The predicted molar refractivity (Wildman–Crippen MR) is 92.4 cm³/mol. The van der Waals surface area contributed by atoms with Crippen LogP contribution in [-0.4, -0.2) is 11.6 Å². The highest BCUT2D eigenvalue weighted by Gasteiger charge is 2.43. The van der Waals surface area contributed by atoms with Crippen molar-refractivity contribution >= 4 is 11.7 Å². The zero-order valence-corrected chi connectivity index (χ0v) is 15.2. The van der Waals surface area contributed by atoms with Gasteiger partial charge in [0, 0.05) is 12.0 Å². The smallest absolute Gasteiger partial charge is 0.368 e. The van der Waals surface area contributed by atoms with Gasteiger partial charge in [-0.1, -0.05) is 27.7 Å². The lowest BCUT2D eigenvalue weighted by Crippen LogP contribution is -2.47. The van der Waals surface area contributed by atoms with Crippen molar-refractivity contribution in [2.24, 2.45) is 11.1 Å². The second kappa shape index (κ2) is 6.51. The zero-order valence-electron chi connectivity index (χ0n) is 15.2. The average Bonchev–Trinajstić information content (AvgIpc) is 2.53. The van der Waals surface area contributed by atoms with Crippen molar-refractivity contribution < 1.29 is 14.4 Å². The Labute approximate surface area is 142 Å². The molecule has 1 aromatic rings. The summed E-state index contributed by atoms with van der Waals surface area (Å²) < 4.78 is 6.09. The molecule has 6 nitrogen and oxygen atoms in total. The summed E-state index contributed by atoms with van der Waals surface area (Å²) in [5.74, 6) is 5.36. The number of hydrogen-bond acceptors (Lipinski definition) is 6. The Morgan fingerprint density at radius 1 is 1.25 bits per heavy atom. The van der Waals surface area contributed by atoms with Crippen LogP contribution in [0.15, 0.2) is 5.18 Å². The number of ether oxygens (including phenoxy) is 1. The summed E-state index contributed by atoms with van der Waals surface area (Å²) in [6.07, 6.45) is 1.05. The number of carbonyl (C=O) groups is 1. The van der Waals surface area contributed by atoms with E-state index in [2.05, 4.69) is 10.0 Å². The van der Waals surface area contributed by atoms with E-state index in [9.17, 15) is 9.70 Å². The largest absolute Gasteiger partial charge is 0.475 e. The topological polar surface area (TPSA) is 91.0 Å². The Morgan fingerprint density at radius 2 is 1.83 bits per heavy atom. The van der Waals surface area contributed by atoms with Crippen LogP contribution in [0.5, 0.6) is 5.75 Å². The molecule has 0 aromatic heterocycles. The number of rotatable bonds is 4. The van der Waals surface area contributed by atoms with Crippen LogP contribution in [0.25, 0.3) is 0 Å². The van der Waals surface area contributed by atoms with Gasteiger partial charge in [-0.15, -0.1) is 4.91 Å². The van der Waals surface area contributed by atoms with E-state index in [-0.39, 0.29) is 11.8 Å². The highest BCUT2D eigenvalue weighted by Crippen LogP contribution is 2.48. The van der Waals surface area contributed by atoms with Gasteiger partial charge in [-0.2, -0.15) is 5.90 Å². The number of nitroso groups, excluding NO2 is 1. The lowest BCUT2D eigenvalue weighted by Gasteiger charge is -2.36. The maximum Gasteiger partial charge on any atom is 0.368 e. The van der Waals surface area contributed by atoms with Crippen molar-refractivity contribution in [3.63, 3.8) is 0 Å². The third-order valence-corrected chi connectivity index (χ3v) is 4.82. The van der Waals surface area contributed by atoms with Crippen LogP contribution in [0.4, 0.5) is 5.69 Å². The van der Waals surface area contributed by atoms with Crippen molar-refractivity contribution in [2.75, 3.05) is 0 Å². The summed E-state index contributed by atoms with van der Waals surface area (Å²) in [6, 6.07) is 0. The van der Waals surface area contributed by atoms with Gasteiger partial charge in [0.05, 0.1) is 0 Å². The molecular formula is C18H26N2O4. The molecule has 0 amide bonds. The SMILES string of the molecule is Cc1c2c(c(C(C)C)c(N=O)c1C(C)C)CCC(C)(C(=O)ON)O2. The number of benzene rings is 1. The van der Waals surface area contributed by atoms with Crippen molar-refractivity contribution in [1.29, 1.82) is 0 Å². The van der Waals surface area contributed by atoms with E-state index >= 15 is 0 Å². The van der Waals surface area contributed by atoms with Gasteiger partial charge in [-0.05, 0) is 54.0 Å². The minimum absolute atomic E-state index is 0.110. The van der Waals surface area contributed by atoms with Gasteiger partial charge >= 0.3 is 5.97 Å². The summed E-state index contributed by atoms with van der Waals surface area (Å²) in [6.45, 7) is 11.7. The molecular weight excluding hydrogens is 308 g/mol. The van der Waals surface area contributed by atoms with Crippen LogP contribution in [0.2, 0.25) is 0 Å². The molecule has 24 heavy (non-hydrogen) atoms. The maximum atomic E-state index is 12.0. The standard InChI is InChI=1S/C18H26N2O4/c1-9(2)13-11(5)16-12(14(10(3)4)15(13)20-22)7-8-18(6,23-16)17(21)24-19/h9-10H,7-8,19H2,1-6H3. The predicted octanol–water partition coefficient (Wildman–Crippen LogP) is 4.14. The van der Waals surface area contributed by atoms with E-state index in [4.69, 9.17) is 10.6 Å². The molecule has 0 bridgehead atoms. The summed E-state index contributed by atoms with van der Waals surface area (Å²) in [7, 11) is 0. The van der Waals surface area contributed by atoms with Crippen LogP contribution in [-0.2, 0) is 16.1 Å². The van der Waals surface area contributed by atoms with E-state index in [0.717, 1.165) is 22.3 Å². The van der Waals surface area contributed by atoms with Crippen LogP contribution in [0.3, 0.4) is 0 Å². The Kier molecular flexibility index (Phi) is 4.99. The molecule has 1 aliphatic heterocycles. The lowest BCUT2D eigenvalue weighted by atomic mass is 9.80. The molecule has 1 aliphatic rings. The highest BCUT2D eigenvalue weighted by molar-refractivity contribution is 5.80. The Morgan fingerprint density at radius 3 is 2.29 bits per heavy atom. The molecule has 2 N–H and O–H groups in total. The second-order valence-corrected chi connectivity index (χ2v) is 7.25. The molecule has 6 heteroatoms. The van der Waals surface area contributed by atoms with Crippen molar-refractivity contribution in [3.8, 4) is 5.75 Å². The molecule has 1 aromatic carbocycles. The van der Waals surface area contributed by atoms with Crippen LogP contribution < -0.4 is 10.6 Å². The number of nitrogens with zero attached hydrogens (tertiary/aromatic N) is 1. The van der Waals surface area contributed by atoms with Gasteiger partial charge in [0.25, 0.3) is 0 Å². The monoisotopic (exact) mass is 334 g/mol. The van der Waals surface area contributed by atoms with Gasteiger partial charge in [0.1, 0.15) is 11.4 Å². The first-order chi connectivity index (χ1) is 11.2. The quantitative estimate of drug-likeness (QED) is 0.660. The fourth-order valence-corrected chi connectivity index (χ4v) is 3.66. The van der Waals surface area contributed by atoms with E-state index in [1.54, 1.807) is 6.92 Å². The van der Waals surface area contributed by atoms with Crippen LogP contribution >= 0.6 is 0 Å². The molecule has 0 aliphatic carbocycles. The van der Waals surface area contributed by atoms with Crippen molar-refractivity contribution in [1.82, 2.24) is 0 Å². The van der Waals surface area contributed by atoms with E-state index in [1.807, 2.05) is 34.6 Å². The first kappa shape index (κ1) is 18.4. The number of hydrogen-bond donors (Lipinski definition) is 1. The molecule has 1 heterocycles. The highest BCUT2D eigenvalue weighted by atomic mass is 16.7. The van der Waals surface area contributed by atoms with Crippen molar-refractivity contribution in [3.05, 3.63) is 27.2 Å². The zero-order chi connectivity index (χ0) is 18.2. The second-order valence-electron chi connectivity index (χ2n) is 7.25. The number of fused-ring (bicyclic) bond motifs is 1. The molecule has 1 atom stereocenters. The van der Waals surface area contributed by atoms with E-state index in [0.29, 0.717) is 24.3 Å². The molecule has 0 fully saturated rings. The summed E-state index contributed by atoms with van der Waals surface area (Å²) in [4.78, 5) is 28.0. The molecule has 0 saturated carbocycles. The van der Waals surface area contributed by atoms with Gasteiger partial charge in [0.2, 0.25) is 5.60 Å². The molecule has 0 spiro atoms. The average molecular weight is 334 g/mol. The van der Waals surface area contributed by atoms with Gasteiger partial charge in [-0.25, -0.2) is 4.79 Å². The first-order valence-electron chi connectivity index (χ1n) is 8.30. The van der Waals surface area contributed by atoms with Crippen LogP contribution in [0.1, 0.15) is 75.1 Å². The lowest BCUT2D eigenvalue weighted by molar-refractivity contribution is -0.162. The summed E-state index contributed by atoms with van der Waals surface area (Å²) in [5.41, 5.74) is 3.00. The van der Waals surface area contributed by atoms with E-state index < -0.39 is 11.6 Å².